The Bertz CT molecular complexity index is 756. The molecule has 128 valence electrons. The molecule has 8 heteroatoms. The quantitative estimate of drug-likeness (QED) is 0.898. The summed E-state index contributed by atoms with van der Waals surface area (Å²) in [5.41, 5.74) is 1.55. The normalized spacial score (nSPS) is 10.6. The molecule has 7 nitrogen and oxygen atoms in total. The van der Waals surface area contributed by atoms with Gasteiger partial charge in [0, 0.05) is 19.8 Å². The zero-order valence-electron chi connectivity index (χ0n) is 14.3. The van der Waals surface area contributed by atoms with Crippen LogP contribution < -0.4 is 10.1 Å². The monoisotopic (exact) mass is 348 g/mol. The summed E-state index contributed by atoms with van der Waals surface area (Å²) in [6, 6.07) is 4.94. The Balaban J connectivity index is 2.30. The number of rotatable bonds is 5. The molecule has 0 radical (unpaired) electrons. The van der Waals surface area contributed by atoms with E-state index in [0.29, 0.717) is 27.6 Å². The van der Waals surface area contributed by atoms with E-state index in [9.17, 15) is 9.59 Å². The molecule has 2 rings (SSSR count). The van der Waals surface area contributed by atoms with Crippen molar-refractivity contribution in [2.45, 2.75) is 19.8 Å². The van der Waals surface area contributed by atoms with Crippen LogP contribution in [-0.2, 0) is 0 Å². The van der Waals surface area contributed by atoms with Crippen molar-refractivity contribution in [2.75, 3.05) is 26.5 Å². The third-order valence-electron chi connectivity index (χ3n) is 3.36. The molecule has 0 aliphatic rings. The molecule has 0 saturated carbocycles. The Morgan fingerprint density at radius 1 is 1.29 bits per heavy atom. The minimum atomic E-state index is -0.290. The minimum Gasteiger partial charge on any atom is -0.496 e. The van der Waals surface area contributed by atoms with Gasteiger partial charge in [0.15, 0.2) is 0 Å². The lowest BCUT2D eigenvalue weighted by atomic mass is 10.1. The van der Waals surface area contributed by atoms with Gasteiger partial charge < -0.3 is 15.0 Å². The third kappa shape index (κ3) is 3.70. The van der Waals surface area contributed by atoms with E-state index in [1.165, 1.54) is 12.0 Å². The van der Waals surface area contributed by atoms with Crippen molar-refractivity contribution in [3.63, 3.8) is 0 Å². The maximum Gasteiger partial charge on any atom is 0.269 e. The van der Waals surface area contributed by atoms with Crippen LogP contribution in [0.3, 0.4) is 0 Å². The number of hydrogen-bond donors (Lipinski definition) is 1. The smallest absolute Gasteiger partial charge is 0.269 e. The van der Waals surface area contributed by atoms with Gasteiger partial charge in [-0.2, -0.15) is 0 Å². The molecule has 1 aromatic heterocycles. The lowest BCUT2D eigenvalue weighted by Gasteiger charge is -2.15. The van der Waals surface area contributed by atoms with Gasteiger partial charge in [0.1, 0.15) is 10.6 Å². The molecule has 0 spiro atoms. The van der Waals surface area contributed by atoms with Crippen molar-refractivity contribution >= 4 is 29.0 Å². The molecule has 0 aliphatic heterocycles. The fourth-order valence-corrected chi connectivity index (χ4v) is 2.83. The average Bonchev–Trinajstić information content (AvgIpc) is 3.04. The van der Waals surface area contributed by atoms with E-state index in [-0.39, 0.29) is 17.7 Å². The highest BCUT2D eigenvalue weighted by Crippen LogP contribution is 2.25. The van der Waals surface area contributed by atoms with Crippen molar-refractivity contribution in [1.29, 1.82) is 0 Å². The highest BCUT2D eigenvalue weighted by Gasteiger charge is 2.20. The van der Waals surface area contributed by atoms with Crippen LogP contribution in [0, 0.1) is 0 Å². The maximum atomic E-state index is 12.5. The fraction of sp³-hybridized carbons (Fsp3) is 0.375. The van der Waals surface area contributed by atoms with E-state index >= 15 is 0 Å². The molecule has 0 bridgehead atoms. The zero-order valence-corrected chi connectivity index (χ0v) is 15.1. The van der Waals surface area contributed by atoms with E-state index in [2.05, 4.69) is 14.9 Å². The molecule has 0 saturated heterocycles. The predicted octanol–water partition coefficient (Wildman–Crippen LogP) is 2.62. The van der Waals surface area contributed by atoms with Crippen molar-refractivity contribution in [1.82, 2.24) is 14.5 Å². The first-order valence-corrected chi connectivity index (χ1v) is 8.15. The maximum absolute atomic E-state index is 12.5. The van der Waals surface area contributed by atoms with Crippen molar-refractivity contribution < 1.29 is 14.3 Å². The van der Waals surface area contributed by atoms with Gasteiger partial charge in [-0.25, -0.2) is 0 Å². The first-order chi connectivity index (χ1) is 11.3. The number of benzene rings is 1. The van der Waals surface area contributed by atoms with Crippen LogP contribution in [0.5, 0.6) is 5.75 Å². The molecule has 0 unspecified atom stereocenters. The molecule has 0 aliphatic carbocycles. The van der Waals surface area contributed by atoms with Crippen LogP contribution in [0.25, 0.3) is 0 Å². The lowest BCUT2D eigenvalue weighted by molar-refractivity contribution is 0.0824. The SMILES string of the molecule is COc1ccc(NC(=O)c2snnc2C(C)C)cc1C(=O)N(C)C. The van der Waals surface area contributed by atoms with Gasteiger partial charge in [-0.15, -0.1) is 5.10 Å². The second-order valence-corrected chi connectivity index (χ2v) is 6.46. The van der Waals surface area contributed by atoms with Crippen molar-refractivity contribution in [3.8, 4) is 5.75 Å². The van der Waals surface area contributed by atoms with E-state index in [0.717, 1.165) is 11.5 Å². The molecule has 1 N–H and O–H groups in total. The van der Waals surface area contributed by atoms with E-state index in [1.807, 2.05) is 13.8 Å². The predicted molar refractivity (Wildman–Crippen MR) is 93.0 cm³/mol. The molecule has 2 aromatic rings. The van der Waals surface area contributed by atoms with Crippen LogP contribution in [0.15, 0.2) is 18.2 Å². The summed E-state index contributed by atoms with van der Waals surface area (Å²) in [4.78, 5) is 26.6. The molecule has 1 aromatic carbocycles. The Hall–Kier alpha value is -2.48. The molecule has 0 fully saturated rings. The number of nitrogens with one attached hydrogen (secondary N) is 1. The summed E-state index contributed by atoms with van der Waals surface area (Å²) in [5, 5.41) is 6.79. The Morgan fingerprint density at radius 2 is 2.00 bits per heavy atom. The van der Waals surface area contributed by atoms with Crippen molar-refractivity contribution in [2.24, 2.45) is 0 Å². The summed E-state index contributed by atoms with van der Waals surface area (Å²) in [6.07, 6.45) is 0. The largest absolute Gasteiger partial charge is 0.496 e. The topological polar surface area (TPSA) is 84.4 Å². The number of methoxy groups -OCH3 is 1. The highest BCUT2D eigenvalue weighted by molar-refractivity contribution is 7.08. The minimum absolute atomic E-state index is 0.103. The number of carbonyl (C=O) groups is 2. The number of amides is 2. The van der Waals surface area contributed by atoms with Gasteiger partial charge in [-0.05, 0) is 35.6 Å². The molecular weight excluding hydrogens is 328 g/mol. The van der Waals surface area contributed by atoms with Gasteiger partial charge in [0.2, 0.25) is 0 Å². The van der Waals surface area contributed by atoms with Gasteiger partial charge in [0.05, 0.1) is 18.4 Å². The number of ether oxygens (including phenoxy) is 1. The van der Waals surface area contributed by atoms with Gasteiger partial charge in [-0.1, -0.05) is 18.3 Å². The standard InChI is InChI=1S/C16H20N4O3S/c1-9(2)13-14(24-19-18-13)15(21)17-10-6-7-12(23-5)11(8-10)16(22)20(3)4/h6-9H,1-5H3,(H,17,21). The van der Waals surface area contributed by atoms with Gasteiger partial charge in [0.25, 0.3) is 11.8 Å². The van der Waals surface area contributed by atoms with Crippen molar-refractivity contribution in [3.05, 3.63) is 34.3 Å². The summed E-state index contributed by atoms with van der Waals surface area (Å²) >= 11 is 1.06. The molecule has 24 heavy (non-hydrogen) atoms. The van der Waals surface area contributed by atoms with Crippen LogP contribution in [0.2, 0.25) is 0 Å². The molecule has 0 atom stereocenters. The first-order valence-electron chi connectivity index (χ1n) is 7.38. The summed E-state index contributed by atoms with van der Waals surface area (Å²) < 4.78 is 9.07. The number of aromatic nitrogens is 2. The van der Waals surface area contributed by atoms with E-state index in [1.54, 1.807) is 32.3 Å². The fourth-order valence-electron chi connectivity index (χ4n) is 2.11. The average molecular weight is 348 g/mol. The summed E-state index contributed by atoms with van der Waals surface area (Å²) in [7, 11) is 4.81. The molecule has 1 heterocycles. The third-order valence-corrected chi connectivity index (χ3v) is 4.10. The van der Waals surface area contributed by atoms with Crippen LogP contribution in [0.1, 0.15) is 45.5 Å². The van der Waals surface area contributed by atoms with E-state index < -0.39 is 0 Å². The second kappa shape index (κ2) is 7.39. The Morgan fingerprint density at radius 3 is 2.58 bits per heavy atom. The zero-order chi connectivity index (χ0) is 17.9. The number of hydrogen-bond acceptors (Lipinski definition) is 6. The highest BCUT2D eigenvalue weighted by atomic mass is 32.1. The number of carbonyl (C=O) groups excluding carboxylic acids is 2. The second-order valence-electron chi connectivity index (χ2n) is 5.71. The van der Waals surface area contributed by atoms with Crippen LogP contribution in [-0.4, -0.2) is 47.5 Å². The van der Waals surface area contributed by atoms with Gasteiger partial charge >= 0.3 is 0 Å². The number of nitrogens with zero attached hydrogens (tertiary/aromatic N) is 3. The van der Waals surface area contributed by atoms with Crippen LogP contribution in [0.4, 0.5) is 5.69 Å². The molecule has 2 amide bonds. The Kier molecular flexibility index (Phi) is 5.50. The molecular formula is C16H20N4O3S. The number of anilines is 1. The van der Waals surface area contributed by atoms with E-state index in [4.69, 9.17) is 4.74 Å². The first kappa shape index (κ1) is 17.9. The summed E-state index contributed by atoms with van der Waals surface area (Å²) in [6.45, 7) is 3.91. The lowest BCUT2D eigenvalue weighted by Crippen LogP contribution is -2.22. The van der Waals surface area contributed by atoms with Gasteiger partial charge in [-0.3, -0.25) is 9.59 Å². The Labute approximate surface area is 144 Å². The summed E-state index contributed by atoms with van der Waals surface area (Å²) in [5.74, 6) is 0.0627. The van der Waals surface area contributed by atoms with Crippen LogP contribution >= 0.6 is 11.5 Å².